The molecule has 0 bridgehead atoms. The number of sulfonamides is 1. The van der Waals surface area contributed by atoms with Gasteiger partial charge in [-0.1, -0.05) is 90.5 Å². The van der Waals surface area contributed by atoms with E-state index < -0.39 is 10.0 Å². The molecular weight excluding hydrogens is 480 g/mol. The smallest absolute Gasteiger partial charge is 0.252 e. The van der Waals surface area contributed by atoms with Crippen molar-refractivity contribution < 1.29 is 13.2 Å². The van der Waals surface area contributed by atoms with E-state index in [9.17, 15) is 13.2 Å². The zero-order valence-corrected chi connectivity index (χ0v) is 22.4. The first-order valence-electron chi connectivity index (χ1n) is 12.2. The van der Waals surface area contributed by atoms with Crippen LogP contribution in [0.1, 0.15) is 49.8 Å². The van der Waals surface area contributed by atoms with Gasteiger partial charge in [0.2, 0.25) is 10.0 Å². The molecule has 0 radical (unpaired) electrons. The molecule has 0 spiro atoms. The molecule has 190 valence electrons. The summed E-state index contributed by atoms with van der Waals surface area (Å²) in [5.74, 6) is -0.198. The van der Waals surface area contributed by atoms with Gasteiger partial charge in [-0.05, 0) is 60.7 Å². The van der Waals surface area contributed by atoms with E-state index in [1.165, 1.54) is 10.6 Å². The Bertz CT molecular complexity index is 1460. The second kappa shape index (κ2) is 11.0. The highest BCUT2D eigenvalue weighted by molar-refractivity contribution is 7.92. The summed E-state index contributed by atoms with van der Waals surface area (Å²) in [5.41, 5.74) is 6.93. The SMILES string of the molecule is Cc1ccc([C@@H](NC(=O)c2ccc(CN(c3c(C)cccc3C)S(C)(=O)=O)cc2)c2ccccc2)cc1. The lowest BCUT2D eigenvalue weighted by atomic mass is 9.97. The minimum atomic E-state index is -3.51. The first kappa shape index (κ1) is 26.2. The zero-order chi connectivity index (χ0) is 26.6. The highest BCUT2D eigenvalue weighted by Crippen LogP contribution is 2.29. The van der Waals surface area contributed by atoms with Crippen LogP contribution in [0.15, 0.2) is 97.1 Å². The van der Waals surface area contributed by atoms with E-state index in [-0.39, 0.29) is 18.5 Å². The summed E-state index contributed by atoms with van der Waals surface area (Å²) < 4.78 is 26.8. The molecule has 4 aromatic carbocycles. The van der Waals surface area contributed by atoms with Crippen LogP contribution in [-0.4, -0.2) is 20.6 Å². The number of carbonyl (C=O) groups is 1. The highest BCUT2D eigenvalue weighted by Gasteiger charge is 2.22. The fourth-order valence-corrected chi connectivity index (χ4v) is 5.47. The number of carbonyl (C=O) groups excluding carboxylic acids is 1. The molecule has 6 heteroatoms. The lowest BCUT2D eigenvalue weighted by Crippen LogP contribution is -2.31. The molecular formula is C31H32N2O3S. The predicted octanol–water partition coefficient (Wildman–Crippen LogP) is 6.10. The van der Waals surface area contributed by atoms with Crippen LogP contribution in [0.2, 0.25) is 0 Å². The molecule has 0 aliphatic heterocycles. The van der Waals surface area contributed by atoms with Gasteiger partial charge in [-0.2, -0.15) is 0 Å². The first-order valence-corrected chi connectivity index (χ1v) is 14.0. The van der Waals surface area contributed by atoms with Crippen LogP contribution in [0.3, 0.4) is 0 Å². The van der Waals surface area contributed by atoms with Crippen molar-refractivity contribution in [2.24, 2.45) is 0 Å². The summed E-state index contributed by atoms with van der Waals surface area (Å²) in [7, 11) is -3.51. The van der Waals surface area contributed by atoms with Crippen molar-refractivity contribution in [2.75, 3.05) is 10.6 Å². The molecule has 4 rings (SSSR count). The Balaban J connectivity index is 1.57. The van der Waals surface area contributed by atoms with Crippen molar-refractivity contribution in [2.45, 2.75) is 33.4 Å². The zero-order valence-electron chi connectivity index (χ0n) is 21.6. The van der Waals surface area contributed by atoms with Gasteiger partial charge in [0.05, 0.1) is 24.5 Å². The van der Waals surface area contributed by atoms with Crippen LogP contribution in [0.4, 0.5) is 5.69 Å². The third kappa shape index (κ3) is 6.27. The number of amides is 1. The quantitative estimate of drug-likeness (QED) is 0.310. The molecule has 1 N–H and O–H groups in total. The Kier molecular flexibility index (Phi) is 7.79. The van der Waals surface area contributed by atoms with Gasteiger partial charge in [0.25, 0.3) is 5.91 Å². The lowest BCUT2D eigenvalue weighted by molar-refractivity contribution is 0.0943. The largest absolute Gasteiger partial charge is 0.341 e. The third-order valence-corrected chi connectivity index (χ3v) is 7.56. The molecule has 0 saturated heterocycles. The molecule has 1 amide bonds. The fourth-order valence-electron chi connectivity index (χ4n) is 4.47. The van der Waals surface area contributed by atoms with Crippen LogP contribution in [0.25, 0.3) is 0 Å². The monoisotopic (exact) mass is 512 g/mol. The Hall–Kier alpha value is -3.90. The van der Waals surface area contributed by atoms with Gasteiger partial charge in [-0.3, -0.25) is 9.10 Å². The lowest BCUT2D eigenvalue weighted by Gasteiger charge is -2.26. The average Bonchev–Trinajstić information content (AvgIpc) is 2.87. The number of hydrogen-bond acceptors (Lipinski definition) is 3. The minimum absolute atomic E-state index is 0.183. The van der Waals surface area contributed by atoms with Gasteiger partial charge in [0.15, 0.2) is 0 Å². The van der Waals surface area contributed by atoms with Gasteiger partial charge in [-0.25, -0.2) is 8.42 Å². The summed E-state index contributed by atoms with van der Waals surface area (Å²) in [6.45, 7) is 6.03. The normalized spacial score (nSPS) is 12.1. The number of anilines is 1. The molecule has 0 aliphatic rings. The number of benzene rings is 4. The van der Waals surface area contributed by atoms with Gasteiger partial charge < -0.3 is 5.32 Å². The minimum Gasteiger partial charge on any atom is -0.341 e. The van der Waals surface area contributed by atoms with E-state index in [4.69, 9.17) is 0 Å². The van der Waals surface area contributed by atoms with Crippen molar-refractivity contribution in [1.82, 2.24) is 5.32 Å². The molecule has 37 heavy (non-hydrogen) atoms. The number of hydrogen-bond donors (Lipinski definition) is 1. The van der Waals surface area contributed by atoms with Crippen LogP contribution >= 0.6 is 0 Å². The van der Waals surface area contributed by atoms with E-state index in [0.29, 0.717) is 11.3 Å². The van der Waals surface area contributed by atoms with Crippen LogP contribution in [0.5, 0.6) is 0 Å². The Morgan fingerprint density at radius 3 is 1.89 bits per heavy atom. The Labute approximate surface area is 219 Å². The fraction of sp³-hybridized carbons (Fsp3) is 0.194. The topological polar surface area (TPSA) is 66.5 Å². The van der Waals surface area contributed by atoms with Gasteiger partial charge >= 0.3 is 0 Å². The van der Waals surface area contributed by atoms with Crippen molar-refractivity contribution in [3.8, 4) is 0 Å². The van der Waals surface area contributed by atoms with Crippen molar-refractivity contribution in [3.05, 3.63) is 136 Å². The van der Waals surface area contributed by atoms with Gasteiger partial charge in [0, 0.05) is 5.56 Å². The summed E-state index contributed by atoms with van der Waals surface area (Å²) in [4.78, 5) is 13.3. The summed E-state index contributed by atoms with van der Waals surface area (Å²) >= 11 is 0. The number of aryl methyl sites for hydroxylation is 3. The molecule has 0 unspecified atom stereocenters. The summed E-state index contributed by atoms with van der Waals surface area (Å²) in [6.07, 6.45) is 1.22. The van der Waals surface area contributed by atoms with Crippen molar-refractivity contribution >= 4 is 21.6 Å². The molecule has 0 aromatic heterocycles. The molecule has 0 aliphatic carbocycles. The second-order valence-electron chi connectivity index (χ2n) is 9.43. The van der Waals surface area contributed by atoms with E-state index in [1.54, 1.807) is 12.1 Å². The average molecular weight is 513 g/mol. The van der Waals surface area contributed by atoms with Crippen LogP contribution in [-0.2, 0) is 16.6 Å². The first-order chi connectivity index (χ1) is 17.6. The van der Waals surface area contributed by atoms with Crippen molar-refractivity contribution in [3.63, 3.8) is 0 Å². The molecule has 0 fully saturated rings. The standard InChI is InChI=1S/C31H32N2O3S/c1-22-13-17-27(18-14-22)29(26-11-6-5-7-12-26)32-31(34)28-19-15-25(16-20-28)21-33(37(4,35)36)30-23(2)9-8-10-24(30)3/h5-20,29H,21H2,1-4H3,(H,32,34)/t29-/m0/s1. The molecule has 4 aromatic rings. The maximum atomic E-state index is 13.3. The predicted molar refractivity (Wildman–Crippen MR) is 150 cm³/mol. The summed E-state index contributed by atoms with van der Waals surface area (Å²) in [5, 5.41) is 3.17. The molecule has 0 heterocycles. The van der Waals surface area contributed by atoms with Gasteiger partial charge in [-0.15, -0.1) is 0 Å². The Morgan fingerprint density at radius 1 is 0.757 bits per heavy atom. The molecule has 0 saturated carbocycles. The maximum absolute atomic E-state index is 13.3. The van der Waals surface area contributed by atoms with E-state index in [2.05, 4.69) is 5.32 Å². The molecule has 5 nitrogen and oxygen atoms in total. The molecule has 1 atom stereocenters. The number of rotatable bonds is 8. The van der Waals surface area contributed by atoms with E-state index in [1.807, 2.05) is 106 Å². The number of nitrogens with one attached hydrogen (secondary N) is 1. The van der Waals surface area contributed by atoms with Crippen LogP contribution in [0, 0.1) is 20.8 Å². The maximum Gasteiger partial charge on any atom is 0.252 e. The second-order valence-corrected chi connectivity index (χ2v) is 11.3. The van der Waals surface area contributed by atoms with Crippen molar-refractivity contribution in [1.29, 1.82) is 0 Å². The Morgan fingerprint density at radius 2 is 1.32 bits per heavy atom. The highest BCUT2D eigenvalue weighted by atomic mass is 32.2. The number of nitrogens with zero attached hydrogens (tertiary/aromatic N) is 1. The van der Waals surface area contributed by atoms with E-state index >= 15 is 0 Å². The van der Waals surface area contributed by atoms with Gasteiger partial charge in [0.1, 0.15) is 0 Å². The number of para-hydroxylation sites is 1. The third-order valence-electron chi connectivity index (χ3n) is 6.45. The summed E-state index contributed by atoms with van der Waals surface area (Å²) in [6, 6.07) is 30.6. The van der Waals surface area contributed by atoms with Crippen LogP contribution < -0.4 is 9.62 Å². The van der Waals surface area contributed by atoms with E-state index in [0.717, 1.165) is 33.4 Å².